The Morgan fingerprint density at radius 2 is 2.04 bits per heavy atom. The van der Waals surface area contributed by atoms with E-state index in [-0.39, 0.29) is 5.56 Å². The van der Waals surface area contributed by atoms with Crippen LogP contribution in [0.3, 0.4) is 0 Å². The Kier molecular flexibility index (Phi) is 3.83. The van der Waals surface area contributed by atoms with Crippen LogP contribution in [0.15, 0.2) is 36.8 Å². The van der Waals surface area contributed by atoms with E-state index in [0.29, 0.717) is 40.5 Å². The van der Waals surface area contributed by atoms with Crippen LogP contribution < -0.4 is 5.73 Å². The van der Waals surface area contributed by atoms with Crippen molar-refractivity contribution in [3.05, 3.63) is 59.2 Å². The monoisotopic (exact) mass is 373 g/mol. The number of H-pyrrole nitrogens is 1. The molecule has 0 aliphatic rings. The van der Waals surface area contributed by atoms with Gasteiger partial charge in [0.05, 0.1) is 11.3 Å². The number of alkyl halides is 3. The fraction of sp³-hybridized carbons (Fsp3) is 0.176. The van der Waals surface area contributed by atoms with Crippen LogP contribution >= 0.6 is 0 Å². The Morgan fingerprint density at radius 1 is 1.22 bits per heavy atom. The van der Waals surface area contributed by atoms with Gasteiger partial charge in [-0.3, -0.25) is 5.10 Å². The van der Waals surface area contributed by atoms with Gasteiger partial charge in [-0.25, -0.2) is 4.98 Å². The number of fused-ring (bicyclic) bond motifs is 1. The maximum absolute atomic E-state index is 13.4. The minimum Gasteiger partial charge on any atom is -0.383 e. The number of nitrogen functional groups attached to an aromatic ring is 1. The molecule has 4 aromatic rings. The van der Waals surface area contributed by atoms with Gasteiger partial charge >= 0.3 is 6.18 Å². The van der Waals surface area contributed by atoms with E-state index >= 15 is 0 Å². The average molecular weight is 373 g/mol. The Balaban J connectivity index is 1.81. The number of hydrogen-bond acceptors (Lipinski definition) is 5. The van der Waals surface area contributed by atoms with Crippen LogP contribution in [0.5, 0.6) is 0 Å². The lowest BCUT2D eigenvalue weighted by Gasteiger charge is -2.15. The minimum absolute atomic E-state index is 0.0310. The van der Waals surface area contributed by atoms with Gasteiger partial charge in [-0.05, 0) is 30.7 Å². The molecular weight excluding hydrogens is 359 g/mol. The molecule has 3 aromatic heterocycles. The van der Waals surface area contributed by atoms with Crippen molar-refractivity contribution in [2.24, 2.45) is 0 Å². The van der Waals surface area contributed by atoms with Gasteiger partial charge in [0.1, 0.15) is 12.1 Å². The van der Waals surface area contributed by atoms with Gasteiger partial charge in [0.15, 0.2) is 0 Å². The second-order valence-corrected chi connectivity index (χ2v) is 6.06. The summed E-state index contributed by atoms with van der Waals surface area (Å²) in [6, 6.07) is 5.49. The van der Waals surface area contributed by atoms with Crippen molar-refractivity contribution >= 4 is 11.6 Å². The van der Waals surface area contributed by atoms with Crippen molar-refractivity contribution in [1.29, 1.82) is 0 Å². The highest BCUT2D eigenvalue weighted by Gasteiger charge is 2.34. The number of halogens is 3. The van der Waals surface area contributed by atoms with E-state index in [2.05, 4.69) is 25.3 Å². The summed E-state index contributed by atoms with van der Waals surface area (Å²) in [6.07, 6.45) is -1.42. The summed E-state index contributed by atoms with van der Waals surface area (Å²) in [5.41, 5.74) is 7.75. The molecule has 0 amide bonds. The number of aryl methyl sites for hydroxylation is 1. The SMILES string of the molecule is Cc1nc2ncnn2c(N)c1Cc1ccc(C(F)(F)F)c(-c2ccn[nH]2)c1. The smallest absolute Gasteiger partial charge is 0.383 e. The van der Waals surface area contributed by atoms with Crippen molar-refractivity contribution in [1.82, 2.24) is 29.8 Å². The number of nitrogens with two attached hydrogens (primary N) is 1. The zero-order chi connectivity index (χ0) is 19.2. The quantitative estimate of drug-likeness (QED) is 0.575. The van der Waals surface area contributed by atoms with Crippen LogP contribution in [-0.2, 0) is 12.6 Å². The van der Waals surface area contributed by atoms with Crippen LogP contribution in [0.1, 0.15) is 22.4 Å². The van der Waals surface area contributed by atoms with E-state index < -0.39 is 11.7 Å². The molecule has 3 N–H and O–H groups in total. The highest BCUT2D eigenvalue weighted by molar-refractivity contribution is 5.65. The molecule has 7 nitrogen and oxygen atoms in total. The summed E-state index contributed by atoms with van der Waals surface area (Å²) in [5, 5.41) is 10.4. The molecule has 1 aromatic carbocycles. The topological polar surface area (TPSA) is 97.8 Å². The van der Waals surface area contributed by atoms with Crippen molar-refractivity contribution in [2.45, 2.75) is 19.5 Å². The van der Waals surface area contributed by atoms with E-state index in [9.17, 15) is 13.2 Å². The molecule has 0 aliphatic heterocycles. The van der Waals surface area contributed by atoms with E-state index in [4.69, 9.17) is 5.73 Å². The molecule has 0 atom stereocenters. The molecule has 4 rings (SSSR count). The first-order chi connectivity index (χ1) is 12.8. The van der Waals surface area contributed by atoms with E-state index in [0.717, 1.165) is 6.07 Å². The highest BCUT2D eigenvalue weighted by Crippen LogP contribution is 2.37. The van der Waals surface area contributed by atoms with Gasteiger partial charge in [-0.1, -0.05) is 6.07 Å². The molecule has 10 heteroatoms. The summed E-state index contributed by atoms with van der Waals surface area (Å²) in [4.78, 5) is 8.33. The number of nitrogens with one attached hydrogen (secondary N) is 1. The Morgan fingerprint density at radius 3 is 2.74 bits per heavy atom. The van der Waals surface area contributed by atoms with Crippen LogP contribution in [0, 0.1) is 6.92 Å². The van der Waals surface area contributed by atoms with Gasteiger partial charge in [0.2, 0.25) is 0 Å². The zero-order valence-corrected chi connectivity index (χ0v) is 14.1. The average Bonchev–Trinajstić information content (AvgIpc) is 3.29. The normalized spacial score (nSPS) is 12.0. The summed E-state index contributed by atoms with van der Waals surface area (Å²) >= 11 is 0. The molecule has 0 unspecified atom stereocenters. The lowest BCUT2D eigenvalue weighted by atomic mass is 9.97. The standard InChI is InChI=1S/C17H14F3N7/c1-9-11(15(21)27-16(25-9)22-8-24-27)6-10-2-3-13(17(18,19)20)12(7-10)14-4-5-23-26-14/h2-5,7-8H,6,21H2,1H3,(H,23,26). The molecule has 0 fully saturated rings. The highest BCUT2D eigenvalue weighted by atomic mass is 19.4. The number of hydrogen-bond donors (Lipinski definition) is 2. The number of anilines is 1. The third-order valence-electron chi connectivity index (χ3n) is 4.33. The molecule has 0 radical (unpaired) electrons. The first-order valence-corrected chi connectivity index (χ1v) is 7.99. The van der Waals surface area contributed by atoms with Gasteiger partial charge < -0.3 is 5.73 Å². The molecule has 0 saturated carbocycles. The van der Waals surface area contributed by atoms with Crippen molar-refractivity contribution in [3.8, 4) is 11.3 Å². The van der Waals surface area contributed by atoms with Crippen LogP contribution in [-0.4, -0.2) is 29.8 Å². The first-order valence-electron chi connectivity index (χ1n) is 7.99. The number of aromatic nitrogens is 6. The molecule has 0 bridgehead atoms. The van der Waals surface area contributed by atoms with Crippen LogP contribution in [0.25, 0.3) is 17.0 Å². The van der Waals surface area contributed by atoms with Gasteiger partial charge in [-0.15, -0.1) is 0 Å². The molecule has 3 heterocycles. The van der Waals surface area contributed by atoms with Crippen molar-refractivity contribution in [2.75, 3.05) is 5.73 Å². The second kappa shape index (κ2) is 6.08. The first kappa shape index (κ1) is 17.0. The number of aromatic amines is 1. The Hall–Kier alpha value is -3.43. The molecule has 138 valence electrons. The minimum atomic E-state index is -4.48. The van der Waals surface area contributed by atoms with Gasteiger partial charge in [-0.2, -0.15) is 32.9 Å². The molecule has 0 spiro atoms. The van der Waals surface area contributed by atoms with Crippen molar-refractivity contribution < 1.29 is 13.2 Å². The number of rotatable bonds is 3. The van der Waals surface area contributed by atoms with Gasteiger partial charge in [0.25, 0.3) is 5.78 Å². The number of benzene rings is 1. The fourth-order valence-electron chi connectivity index (χ4n) is 3.01. The third-order valence-corrected chi connectivity index (χ3v) is 4.33. The Bertz CT molecular complexity index is 1110. The lowest BCUT2D eigenvalue weighted by molar-refractivity contribution is -0.137. The van der Waals surface area contributed by atoms with Gasteiger partial charge in [0, 0.05) is 29.4 Å². The van der Waals surface area contributed by atoms with E-state index in [1.54, 1.807) is 6.92 Å². The maximum atomic E-state index is 13.4. The van der Waals surface area contributed by atoms with Crippen molar-refractivity contribution in [3.63, 3.8) is 0 Å². The van der Waals surface area contributed by atoms with E-state index in [1.807, 2.05) is 0 Å². The predicted molar refractivity (Wildman–Crippen MR) is 91.8 cm³/mol. The van der Waals surface area contributed by atoms with Crippen LogP contribution in [0.4, 0.5) is 19.0 Å². The Labute approximate surface area is 151 Å². The second-order valence-electron chi connectivity index (χ2n) is 6.06. The van der Waals surface area contributed by atoms with E-state index in [1.165, 1.54) is 35.2 Å². The summed E-state index contributed by atoms with van der Waals surface area (Å²) in [7, 11) is 0. The third kappa shape index (κ3) is 2.98. The zero-order valence-electron chi connectivity index (χ0n) is 14.1. The number of nitrogens with zero attached hydrogens (tertiary/aromatic N) is 5. The van der Waals surface area contributed by atoms with Crippen LogP contribution in [0.2, 0.25) is 0 Å². The predicted octanol–water partition coefficient (Wildman–Crippen LogP) is 3.01. The molecule has 27 heavy (non-hydrogen) atoms. The molecular formula is C17H14F3N7. The maximum Gasteiger partial charge on any atom is 0.417 e. The summed E-state index contributed by atoms with van der Waals surface area (Å²) in [6.45, 7) is 1.78. The fourth-order valence-corrected chi connectivity index (χ4v) is 3.01. The summed E-state index contributed by atoms with van der Waals surface area (Å²) in [5.74, 6) is 0.734. The molecule has 0 aliphatic carbocycles. The molecule has 0 saturated heterocycles. The largest absolute Gasteiger partial charge is 0.417 e. The summed E-state index contributed by atoms with van der Waals surface area (Å²) < 4.78 is 41.6. The lowest BCUT2D eigenvalue weighted by Crippen LogP contribution is -2.10.